The van der Waals surface area contributed by atoms with E-state index in [0.29, 0.717) is 48.7 Å². The highest BCUT2D eigenvalue weighted by Crippen LogP contribution is 2.33. The number of hydrazone groups is 1. The average molecular weight is 610 g/mol. The normalized spacial score (nSPS) is 17.7. The molecule has 0 bridgehead atoms. The summed E-state index contributed by atoms with van der Waals surface area (Å²) in [5.74, 6) is 3.12. The molecule has 3 unspecified atom stereocenters. The van der Waals surface area contributed by atoms with Gasteiger partial charge in [0.05, 0.1) is 28.6 Å². The minimum absolute atomic E-state index is 0.0147. The number of carbonyl (C=O) groups is 1. The van der Waals surface area contributed by atoms with Crippen molar-refractivity contribution >= 4 is 18.0 Å². The first kappa shape index (κ1) is 33.4. The Hall–Kier alpha value is -4.10. The van der Waals surface area contributed by atoms with E-state index >= 15 is 0 Å². The van der Waals surface area contributed by atoms with Crippen molar-refractivity contribution in [3.63, 3.8) is 0 Å². The second-order valence-corrected chi connectivity index (χ2v) is 10.4. The molecule has 1 aliphatic rings. The van der Waals surface area contributed by atoms with Crippen molar-refractivity contribution in [3.05, 3.63) is 69.9 Å². The van der Waals surface area contributed by atoms with Crippen molar-refractivity contribution in [2.75, 3.05) is 13.1 Å². The molecule has 9 nitrogen and oxygen atoms in total. The van der Waals surface area contributed by atoms with Crippen LogP contribution < -0.4 is 11.6 Å². The Morgan fingerprint density at radius 2 is 1.72 bits per heavy atom. The fraction of sp³-hybridized carbons (Fsp3) is 0.483. The number of ether oxygens (including phenoxy) is 1. The number of piperidine rings is 1. The highest BCUT2D eigenvalue weighted by molar-refractivity contribution is 5.96. The molecular formula is C29H36F5N7O2. The Morgan fingerprint density at radius 3 is 2.28 bits per heavy atom. The molecule has 1 aromatic heterocycles. The summed E-state index contributed by atoms with van der Waals surface area (Å²) in [5.41, 5.74) is 7.42. The first-order chi connectivity index (χ1) is 20.1. The smallest absolute Gasteiger partial charge is 0.410 e. The zero-order valence-corrected chi connectivity index (χ0v) is 24.6. The number of carbonyl (C=O) groups excluding carboxylic acids is 1. The number of hydrogen-bond donors (Lipinski definition) is 2. The molecule has 43 heavy (non-hydrogen) atoms. The van der Waals surface area contributed by atoms with Crippen LogP contribution in [0.3, 0.4) is 0 Å². The van der Waals surface area contributed by atoms with Crippen LogP contribution >= 0.6 is 0 Å². The number of aryl methyl sites for hydroxylation is 2. The highest BCUT2D eigenvalue weighted by Gasteiger charge is 2.35. The molecule has 1 fully saturated rings. The third kappa shape index (κ3) is 8.05. The van der Waals surface area contributed by atoms with E-state index in [1.54, 1.807) is 25.7 Å². The summed E-state index contributed by atoms with van der Waals surface area (Å²) in [4.78, 5) is 27.2. The molecule has 1 aromatic carbocycles. The van der Waals surface area contributed by atoms with Crippen LogP contribution in [0.5, 0.6) is 0 Å². The van der Waals surface area contributed by atoms with Crippen LogP contribution in [0.25, 0.3) is 0 Å². The van der Waals surface area contributed by atoms with E-state index < -0.39 is 35.9 Å². The summed E-state index contributed by atoms with van der Waals surface area (Å²) >= 11 is 0. The van der Waals surface area contributed by atoms with Gasteiger partial charge in [-0.1, -0.05) is 6.07 Å². The molecule has 14 heteroatoms. The van der Waals surface area contributed by atoms with Gasteiger partial charge in [0.1, 0.15) is 29.6 Å². The molecule has 0 saturated carbocycles. The monoisotopic (exact) mass is 609 g/mol. The molecule has 0 aliphatic carbocycles. The first-order valence-corrected chi connectivity index (χ1v) is 13.7. The van der Waals surface area contributed by atoms with Gasteiger partial charge in [-0.2, -0.15) is 13.2 Å². The maximum atomic E-state index is 14.3. The molecule has 0 spiro atoms. The van der Waals surface area contributed by atoms with Crippen molar-refractivity contribution < 1.29 is 31.5 Å². The van der Waals surface area contributed by atoms with Gasteiger partial charge in [-0.25, -0.2) is 18.7 Å². The Kier molecular flexibility index (Phi) is 10.8. The molecule has 2 aromatic rings. The second kappa shape index (κ2) is 13.9. The summed E-state index contributed by atoms with van der Waals surface area (Å²) in [6.45, 7) is 8.09. The minimum atomic E-state index is -4.47. The Balaban J connectivity index is 1.78. The first-order valence-electron chi connectivity index (χ1n) is 13.7. The lowest BCUT2D eigenvalue weighted by Crippen LogP contribution is -2.41. The van der Waals surface area contributed by atoms with Gasteiger partial charge < -0.3 is 21.2 Å². The van der Waals surface area contributed by atoms with Crippen LogP contribution in [-0.4, -0.2) is 64.3 Å². The lowest BCUT2D eigenvalue weighted by Gasteiger charge is -2.34. The molecule has 1 amide bonds. The van der Waals surface area contributed by atoms with Crippen molar-refractivity contribution in [1.29, 1.82) is 0 Å². The average Bonchev–Trinajstić information content (AvgIpc) is 2.94. The quantitative estimate of drug-likeness (QED) is 0.146. The van der Waals surface area contributed by atoms with E-state index in [1.165, 1.54) is 19.1 Å². The van der Waals surface area contributed by atoms with Gasteiger partial charge in [-0.15, -0.1) is 5.10 Å². The van der Waals surface area contributed by atoms with E-state index in [9.17, 15) is 26.7 Å². The summed E-state index contributed by atoms with van der Waals surface area (Å²) in [7, 11) is 0. The van der Waals surface area contributed by atoms with Gasteiger partial charge in [0, 0.05) is 30.8 Å². The summed E-state index contributed by atoms with van der Waals surface area (Å²) in [6, 6.07) is 1.61. The van der Waals surface area contributed by atoms with Crippen LogP contribution in [0, 0.1) is 25.5 Å². The summed E-state index contributed by atoms with van der Waals surface area (Å²) in [6.07, 6.45) is -2.16. The standard InChI is InChI=1S/C29H36F5N7O2/c1-15(24-21(30)7-6-8-22(24)31)28(42)41-13-10-20(11-14-41)26-25(16(2)38-19(5)39-26)27(40-36)43-17(3)23(35)9-12-37-18(4)29(32,33)34/h6-9,12,15,17-18,20H,10-11,13-14,35-36H2,1-5H3/b23-9-,37-12?,40-27-. The zero-order valence-electron chi connectivity index (χ0n) is 24.6. The number of alkyl halides is 3. The number of aliphatic imine (C=N–C) groups is 1. The highest BCUT2D eigenvalue weighted by atomic mass is 19.4. The number of nitrogens with two attached hydrogens (primary N) is 2. The van der Waals surface area contributed by atoms with Crippen molar-refractivity contribution in [3.8, 4) is 0 Å². The maximum absolute atomic E-state index is 14.3. The predicted octanol–water partition coefficient (Wildman–Crippen LogP) is 4.77. The molecule has 0 radical (unpaired) electrons. The minimum Gasteiger partial charge on any atom is -0.467 e. The number of benzene rings is 1. The molecule has 3 rings (SSSR count). The molecule has 1 saturated heterocycles. The third-order valence-corrected chi connectivity index (χ3v) is 7.37. The molecule has 2 heterocycles. The van der Waals surface area contributed by atoms with Gasteiger partial charge in [0.2, 0.25) is 11.8 Å². The lowest BCUT2D eigenvalue weighted by atomic mass is 9.88. The summed E-state index contributed by atoms with van der Waals surface area (Å²) < 4.78 is 72.7. The van der Waals surface area contributed by atoms with E-state index in [4.69, 9.17) is 16.3 Å². The molecule has 1 aliphatic heterocycles. The summed E-state index contributed by atoms with van der Waals surface area (Å²) in [5, 5.41) is 3.80. The number of allylic oxidation sites excluding steroid dienone is 1. The van der Waals surface area contributed by atoms with Crippen LogP contribution in [0.1, 0.15) is 73.8 Å². The Labute approximate surface area is 246 Å². The topological polar surface area (TPSA) is 132 Å². The zero-order chi connectivity index (χ0) is 32.1. The Morgan fingerprint density at radius 1 is 1.12 bits per heavy atom. The van der Waals surface area contributed by atoms with Crippen molar-refractivity contribution in [2.45, 2.75) is 77.6 Å². The third-order valence-electron chi connectivity index (χ3n) is 7.37. The SMILES string of the molecule is Cc1nc(C)c(/C(=N/N)OC(C)/C(N)=C/C=NC(C)C(F)(F)F)c(C2CCN(C(=O)C(C)c3c(F)cccc3F)CC2)n1. The number of nitrogens with zero attached hydrogens (tertiary/aromatic N) is 5. The lowest BCUT2D eigenvalue weighted by molar-refractivity contribution is -0.142. The van der Waals surface area contributed by atoms with Crippen molar-refractivity contribution in [1.82, 2.24) is 14.9 Å². The van der Waals surface area contributed by atoms with E-state index in [-0.39, 0.29) is 29.0 Å². The van der Waals surface area contributed by atoms with E-state index in [2.05, 4.69) is 20.1 Å². The van der Waals surface area contributed by atoms with Gasteiger partial charge >= 0.3 is 6.18 Å². The molecular weight excluding hydrogens is 573 g/mol. The Bertz CT molecular complexity index is 1380. The van der Waals surface area contributed by atoms with Gasteiger partial charge in [0.15, 0.2) is 0 Å². The van der Waals surface area contributed by atoms with E-state index in [0.717, 1.165) is 25.3 Å². The maximum Gasteiger partial charge on any atom is 0.410 e. The van der Waals surface area contributed by atoms with Crippen LogP contribution in [-0.2, 0) is 9.53 Å². The van der Waals surface area contributed by atoms with Gasteiger partial charge in [-0.3, -0.25) is 9.79 Å². The molecule has 234 valence electrons. The molecule has 4 N–H and O–H groups in total. The fourth-order valence-corrected chi connectivity index (χ4v) is 4.86. The molecule has 3 atom stereocenters. The van der Waals surface area contributed by atoms with Crippen LogP contribution in [0.4, 0.5) is 22.0 Å². The van der Waals surface area contributed by atoms with E-state index in [1.807, 2.05) is 0 Å². The van der Waals surface area contributed by atoms with Crippen LogP contribution in [0.2, 0.25) is 0 Å². The predicted molar refractivity (Wildman–Crippen MR) is 152 cm³/mol. The number of amides is 1. The number of rotatable bonds is 8. The van der Waals surface area contributed by atoms with Crippen molar-refractivity contribution in [2.24, 2.45) is 21.7 Å². The number of likely N-dealkylation sites (tertiary alicyclic amines) is 1. The fourth-order valence-electron chi connectivity index (χ4n) is 4.86. The van der Waals surface area contributed by atoms with Crippen LogP contribution in [0.15, 0.2) is 40.1 Å². The van der Waals surface area contributed by atoms with Gasteiger partial charge in [-0.05, 0) is 65.7 Å². The number of aromatic nitrogens is 2. The second-order valence-electron chi connectivity index (χ2n) is 10.4. The largest absolute Gasteiger partial charge is 0.467 e. The van der Waals surface area contributed by atoms with Gasteiger partial charge in [0.25, 0.3) is 0 Å². The number of halogens is 5. The number of hydrogen-bond acceptors (Lipinski definition) is 8.